The second-order valence-corrected chi connectivity index (χ2v) is 11.1. The molecule has 2 aromatic heterocycles. The number of halogens is 1. The molecule has 1 aliphatic rings. The number of rotatable bonds is 6. The number of hydrogen-bond acceptors (Lipinski definition) is 7. The first-order chi connectivity index (χ1) is 16.6. The molecule has 1 fully saturated rings. The van der Waals surface area contributed by atoms with Crippen molar-refractivity contribution >= 4 is 50.6 Å². The first-order valence-corrected chi connectivity index (χ1v) is 13.2. The quantitative estimate of drug-likeness (QED) is 0.416. The molecule has 0 aliphatic carbocycles. The van der Waals surface area contributed by atoms with E-state index >= 15 is 0 Å². The summed E-state index contributed by atoms with van der Waals surface area (Å²) in [7, 11) is -2.78. The van der Waals surface area contributed by atoms with E-state index in [-0.39, 0.29) is 18.1 Å². The number of pyridine rings is 1. The van der Waals surface area contributed by atoms with Crippen LogP contribution in [-0.2, 0) is 26.3 Å². The monoisotopic (exact) mass is 534 g/mol. The minimum atomic E-state index is -4.06. The molecular weight excluding hydrogens is 512 g/mol. The molecule has 3 heterocycles. The van der Waals surface area contributed by atoms with Crippen LogP contribution in [0.1, 0.15) is 17.0 Å². The number of aromatic nitrogens is 2. The maximum atomic E-state index is 12.9. The molecule has 35 heavy (non-hydrogen) atoms. The van der Waals surface area contributed by atoms with E-state index in [1.54, 1.807) is 0 Å². The number of thiazole rings is 1. The third-order valence-corrected chi connectivity index (χ3v) is 8.53. The Balaban J connectivity index is 1.44. The van der Waals surface area contributed by atoms with E-state index in [9.17, 15) is 18.0 Å². The Morgan fingerprint density at radius 2 is 1.97 bits per heavy atom. The van der Waals surface area contributed by atoms with Gasteiger partial charge in [0.05, 0.1) is 12.2 Å². The largest absolute Gasteiger partial charge is 0.350 e. The fourth-order valence-corrected chi connectivity index (χ4v) is 6.00. The number of carbonyl (C=O) groups is 2. The van der Waals surface area contributed by atoms with Crippen LogP contribution in [0.15, 0.2) is 48.7 Å². The maximum absolute atomic E-state index is 12.9. The van der Waals surface area contributed by atoms with Crippen LogP contribution in [-0.4, -0.2) is 53.6 Å². The van der Waals surface area contributed by atoms with E-state index in [2.05, 4.69) is 25.3 Å². The number of nitrogens with zero attached hydrogens (tertiary/aromatic N) is 3. The summed E-state index contributed by atoms with van der Waals surface area (Å²) >= 11 is 7.31. The fraction of sp³-hybridized carbons (Fsp3) is 0.273. The minimum Gasteiger partial charge on any atom is -0.350 e. The molecule has 10 nitrogen and oxygen atoms in total. The van der Waals surface area contributed by atoms with Gasteiger partial charge in [-0.3, -0.25) is 9.59 Å². The number of nitrogens with one attached hydrogen (secondary N) is 3. The van der Waals surface area contributed by atoms with Crippen LogP contribution in [0.25, 0.3) is 10.6 Å². The van der Waals surface area contributed by atoms with Gasteiger partial charge in [-0.2, -0.15) is 17.4 Å². The Morgan fingerprint density at radius 1 is 1.23 bits per heavy atom. The molecule has 0 saturated carbocycles. The number of amides is 2. The lowest BCUT2D eigenvalue weighted by Crippen LogP contribution is -2.62. The van der Waals surface area contributed by atoms with Gasteiger partial charge in [0.25, 0.3) is 10.2 Å². The van der Waals surface area contributed by atoms with Gasteiger partial charge in [0.15, 0.2) is 0 Å². The normalized spacial score (nSPS) is 19.7. The molecule has 1 aliphatic heterocycles. The highest BCUT2D eigenvalue weighted by atomic mass is 35.5. The van der Waals surface area contributed by atoms with E-state index in [1.165, 1.54) is 36.7 Å². The van der Waals surface area contributed by atoms with Crippen LogP contribution in [0.4, 0.5) is 5.69 Å². The van der Waals surface area contributed by atoms with Crippen molar-refractivity contribution in [3.05, 3.63) is 64.4 Å². The van der Waals surface area contributed by atoms with Gasteiger partial charge in [0.1, 0.15) is 22.2 Å². The SMILES string of the molecule is Cc1nc(-c2ccccc2)sc1CNC(=O)C1CC(C(=O)Nc2ccnc(Cl)c2)N(C)S(=O)(=O)N1. The van der Waals surface area contributed by atoms with Crippen molar-refractivity contribution in [2.24, 2.45) is 0 Å². The van der Waals surface area contributed by atoms with Crippen molar-refractivity contribution in [3.63, 3.8) is 0 Å². The molecule has 0 bridgehead atoms. The molecule has 1 aromatic carbocycles. The Hall–Kier alpha value is -2.90. The van der Waals surface area contributed by atoms with E-state index in [0.29, 0.717) is 5.69 Å². The second kappa shape index (κ2) is 10.4. The molecule has 184 valence electrons. The van der Waals surface area contributed by atoms with Crippen molar-refractivity contribution in [2.45, 2.75) is 32.0 Å². The molecule has 13 heteroatoms. The van der Waals surface area contributed by atoms with Crippen LogP contribution in [0.5, 0.6) is 0 Å². The Kier molecular flexibility index (Phi) is 7.47. The highest BCUT2D eigenvalue weighted by Crippen LogP contribution is 2.28. The van der Waals surface area contributed by atoms with E-state index in [0.717, 1.165) is 25.4 Å². The topological polar surface area (TPSA) is 133 Å². The Bertz CT molecular complexity index is 1350. The van der Waals surface area contributed by atoms with Crippen LogP contribution in [0.2, 0.25) is 5.15 Å². The molecule has 2 unspecified atom stereocenters. The zero-order valence-electron chi connectivity index (χ0n) is 18.9. The van der Waals surface area contributed by atoms with Gasteiger partial charge in [-0.25, -0.2) is 9.97 Å². The lowest BCUT2D eigenvalue weighted by Gasteiger charge is -2.35. The summed E-state index contributed by atoms with van der Waals surface area (Å²) in [5, 5.41) is 6.41. The van der Waals surface area contributed by atoms with Gasteiger partial charge in [0, 0.05) is 29.4 Å². The molecule has 4 rings (SSSR count). The highest BCUT2D eigenvalue weighted by molar-refractivity contribution is 7.87. The van der Waals surface area contributed by atoms with Crippen molar-refractivity contribution < 1.29 is 18.0 Å². The van der Waals surface area contributed by atoms with Crippen molar-refractivity contribution in [3.8, 4) is 10.6 Å². The molecule has 0 spiro atoms. The molecular formula is C22H23ClN6O4S2. The summed E-state index contributed by atoms with van der Waals surface area (Å²) in [6.07, 6.45) is 1.37. The summed E-state index contributed by atoms with van der Waals surface area (Å²) in [5.74, 6) is -1.11. The second-order valence-electron chi connectivity index (χ2n) is 7.91. The summed E-state index contributed by atoms with van der Waals surface area (Å²) in [6.45, 7) is 2.05. The number of likely N-dealkylation sites (N-methyl/N-ethyl adjacent to an activating group) is 1. The first kappa shape index (κ1) is 25.2. The average Bonchev–Trinajstić information content (AvgIpc) is 3.20. The van der Waals surface area contributed by atoms with Crippen LogP contribution < -0.4 is 15.4 Å². The van der Waals surface area contributed by atoms with Crippen LogP contribution in [0.3, 0.4) is 0 Å². The smallest absolute Gasteiger partial charge is 0.280 e. The summed E-state index contributed by atoms with van der Waals surface area (Å²) in [6, 6.07) is 10.5. The van der Waals surface area contributed by atoms with Gasteiger partial charge in [-0.05, 0) is 25.5 Å². The Labute approximate surface area is 211 Å². The number of carbonyl (C=O) groups excluding carboxylic acids is 2. The molecule has 2 amide bonds. The maximum Gasteiger partial charge on any atom is 0.280 e. The molecule has 1 saturated heterocycles. The zero-order valence-corrected chi connectivity index (χ0v) is 21.2. The lowest BCUT2D eigenvalue weighted by molar-refractivity contribution is -0.124. The predicted molar refractivity (Wildman–Crippen MR) is 134 cm³/mol. The molecule has 3 aromatic rings. The van der Waals surface area contributed by atoms with Crippen molar-refractivity contribution in [1.29, 1.82) is 0 Å². The van der Waals surface area contributed by atoms with Gasteiger partial charge < -0.3 is 10.6 Å². The third kappa shape index (κ3) is 5.85. The summed E-state index contributed by atoms with van der Waals surface area (Å²) in [5.41, 5.74) is 2.13. The predicted octanol–water partition coefficient (Wildman–Crippen LogP) is 2.33. The number of hydrogen-bond donors (Lipinski definition) is 3. The number of anilines is 1. The van der Waals surface area contributed by atoms with Crippen molar-refractivity contribution in [2.75, 3.05) is 12.4 Å². The third-order valence-electron chi connectivity index (χ3n) is 5.52. The molecule has 3 N–H and O–H groups in total. The zero-order chi connectivity index (χ0) is 25.2. The lowest BCUT2D eigenvalue weighted by atomic mass is 10.1. The Morgan fingerprint density at radius 3 is 2.69 bits per heavy atom. The van der Waals surface area contributed by atoms with Gasteiger partial charge in [0.2, 0.25) is 11.8 Å². The van der Waals surface area contributed by atoms with E-state index in [4.69, 9.17) is 11.6 Å². The standard InChI is InChI=1S/C22H23ClN6O4S2/c1-13-18(34-22(26-13)14-6-4-3-5-7-14)12-25-20(30)16-11-17(29(2)35(32,33)28-16)21(31)27-15-8-9-24-19(23)10-15/h3-10,16-17,28H,11-12H2,1-2H3,(H,25,30)(H,24,27,31). The van der Waals surface area contributed by atoms with E-state index in [1.807, 2.05) is 37.3 Å². The van der Waals surface area contributed by atoms with Gasteiger partial charge in [-0.1, -0.05) is 41.9 Å². The minimum absolute atomic E-state index is 0.0524. The first-order valence-electron chi connectivity index (χ1n) is 10.6. The highest BCUT2D eigenvalue weighted by Gasteiger charge is 2.42. The van der Waals surface area contributed by atoms with Crippen LogP contribution in [0, 0.1) is 6.92 Å². The number of aryl methyl sites for hydroxylation is 1. The molecule has 2 atom stereocenters. The van der Waals surface area contributed by atoms with Gasteiger partial charge >= 0.3 is 0 Å². The van der Waals surface area contributed by atoms with Gasteiger partial charge in [-0.15, -0.1) is 11.3 Å². The summed E-state index contributed by atoms with van der Waals surface area (Å²) in [4.78, 5) is 35.0. The summed E-state index contributed by atoms with van der Waals surface area (Å²) < 4.78 is 28.5. The molecule has 0 radical (unpaired) electrons. The van der Waals surface area contributed by atoms with E-state index < -0.39 is 34.1 Å². The average molecular weight is 535 g/mol. The fourth-order valence-electron chi connectivity index (χ4n) is 3.58. The van der Waals surface area contributed by atoms with Crippen molar-refractivity contribution in [1.82, 2.24) is 24.3 Å². The number of benzene rings is 1. The van der Waals surface area contributed by atoms with Crippen LogP contribution >= 0.6 is 22.9 Å².